The summed E-state index contributed by atoms with van der Waals surface area (Å²) in [6.45, 7) is 0.605. The van der Waals surface area contributed by atoms with Gasteiger partial charge in [-0.2, -0.15) is 0 Å². The van der Waals surface area contributed by atoms with E-state index in [1.807, 2.05) is 6.07 Å². The largest absolute Gasteiger partial charge is 0.328 e. The first-order chi connectivity index (χ1) is 14.4. The second-order valence-corrected chi connectivity index (χ2v) is 8.93. The Bertz CT molecular complexity index is 931. The molecule has 3 fully saturated rings. The summed E-state index contributed by atoms with van der Waals surface area (Å²) in [5, 5.41) is 2.24. The molecule has 8 heteroatoms. The highest BCUT2D eigenvalue weighted by atomic mass is 16.2. The van der Waals surface area contributed by atoms with E-state index < -0.39 is 23.8 Å². The highest BCUT2D eigenvalue weighted by Crippen LogP contribution is 2.37. The number of piperidine rings is 3. The van der Waals surface area contributed by atoms with Crippen molar-refractivity contribution in [2.45, 2.75) is 75.7 Å². The molecule has 3 unspecified atom stereocenters. The zero-order chi connectivity index (χ0) is 21.0. The van der Waals surface area contributed by atoms with Crippen molar-refractivity contribution in [3.63, 3.8) is 0 Å². The highest BCUT2D eigenvalue weighted by Gasteiger charge is 2.46. The van der Waals surface area contributed by atoms with E-state index >= 15 is 0 Å². The summed E-state index contributed by atoms with van der Waals surface area (Å²) >= 11 is 0. The van der Waals surface area contributed by atoms with E-state index in [0.29, 0.717) is 29.8 Å². The Morgan fingerprint density at radius 1 is 1.00 bits per heavy atom. The molecule has 158 valence electrons. The Labute approximate surface area is 174 Å². The summed E-state index contributed by atoms with van der Waals surface area (Å²) < 4.78 is 0. The summed E-state index contributed by atoms with van der Waals surface area (Å²) in [7, 11) is 0. The number of nitrogens with one attached hydrogen (secondary N) is 1. The topological polar surface area (TPSA) is 113 Å². The monoisotopic (exact) mass is 410 g/mol. The number of rotatable bonds is 3. The maximum Gasteiger partial charge on any atom is 0.262 e. The van der Waals surface area contributed by atoms with Gasteiger partial charge in [-0.1, -0.05) is 18.6 Å². The Hall–Kier alpha value is -2.58. The lowest BCUT2D eigenvalue weighted by Crippen LogP contribution is -2.55. The quantitative estimate of drug-likeness (QED) is 0.717. The number of hydrogen-bond donors (Lipinski definition) is 2. The number of amides is 4. The summed E-state index contributed by atoms with van der Waals surface area (Å²) in [4.78, 5) is 53.6. The Morgan fingerprint density at radius 2 is 1.73 bits per heavy atom. The average molecular weight is 410 g/mol. The van der Waals surface area contributed by atoms with Gasteiger partial charge in [-0.3, -0.25) is 34.3 Å². The molecule has 4 amide bonds. The first kappa shape index (κ1) is 19.4. The number of carbonyl (C=O) groups excluding carboxylic acids is 4. The van der Waals surface area contributed by atoms with Gasteiger partial charge in [-0.15, -0.1) is 0 Å². The van der Waals surface area contributed by atoms with E-state index in [2.05, 4.69) is 10.2 Å². The van der Waals surface area contributed by atoms with Crippen LogP contribution in [0.25, 0.3) is 0 Å². The van der Waals surface area contributed by atoms with Crippen molar-refractivity contribution >= 4 is 23.6 Å². The van der Waals surface area contributed by atoms with Gasteiger partial charge in [0.05, 0.1) is 11.1 Å². The Kier molecular flexibility index (Phi) is 4.71. The van der Waals surface area contributed by atoms with Crippen LogP contribution in [0.1, 0.15) is 71.2 Å². The van der Waals surface area contributed by atoms with Gasteiger partial charge >= 0.3 is 0 Å². The fraction of sp³-hybridized carbons (Fsp3) is 0.545. The number of nitrogens with two attached hydrogens (primary N) is 1. The fourth-order valence-electron chi connectivity index (χ4n) is 5.69. The predicted octanol–water partition coefficient (Wildman–Crippen LogP) is 0.932. The number of nitrogens with zero attached hydrogens (tertiary/aromatic N) is 2. The minimum atomic E-state index is -0.935. The van der Waals surface area contributed by atoms with Crippen molar-refractivity contribution in [3.05, 3.63) is 34.9 Å². The third-order valence-electron chi connectivity index (χ3n) is 7.07. The van der Waals surface area contributed by atoms with E-state index in [9.17, 15) is 19.2 Å². The van der Waals surface area contributed by atoms with Gasteiger partial charge in [0.15, 0.2) is 0 Å². The van der Waals surface area contributed by atoms with Crippen LogP contribution in [0.2, 0.25) is 0 Å². The normalized spacial score (nSPS) is 31.7. The van der Waals surface area contributed by atoms with Crippen LogP contribution in [0.5, 0.6) is 0 Å². The van der Waals surface area contributed by atoms with Crippen LogP contribution in [0.15, 0.2) is 18.2 Å². The van der Waals surface area contributed by atoms with Crippen molar-refractivity contribution in [2.24, 2.45) is 5.73 Å². The summed E-state index contributed by atoms with van der Waals surface area (Å²) in [6.07, 6.45) is 5.62. The summed E-state index contributed by atoms with van der Waals surface area (Å²) in [5.41, 5.74) is 7.82. The molecule has 0 saturated carbocycles. The molecule has 1 aromatic carbocycles. The maximum atomic E-state index is 13.3. The molecule has 4 aliphatic rings. The molecule has 0 aromatic heterocycles. The minimum absolute atomic E-state index is 0.119. The predicted molar refractivity (Wildman–Crippen MR) is 107 cm³/mol. The van der Waals surface area contributed by atoms with Gasteiger partial charge in [-0.25, -0.2) is 0 Å². The molecule has 0 radical (unpaired) electrons. The number of carbonyl (C=O) groups is 4. The van der Waals surface area contributed by atoms with Crippen molar-refractivity contribution in [2.75, 3.05) is 0 Å². The molecule has 0 aliphatic carbocycles. The van der Waals surface area contributed by atoms with E-state index in [1.54, 1.807) is 12.1 Å². The van der Waals surface area contributed by atoms with Crippen LogP contribution >= 0.6 is 0 Å². The van der Waals surface area contributed by atoms with Crippen LogP contribution in [-0.4, -0.2) is 57.6 Å². The molecule has 5 rings (SSSR count). The molecular weight excluding hydrogens is 384 g/mol. The van der Waals surface area contributed by atoms with Gasteiger partial charge in [-0.05, 0) is 43.7 Å². The van der Waals surface area contributed by atoms with Gasteiger partial charge in [0, 0.05) is 31.1 Å². The molecule has 3 N–H and O–H groups in total. The molecule has 3 atom stereocenters. The number of fused-ring (bicyclic) bond motifs is 3. The zero-order valence-corrected chi connectivity index (χ0v) is 16.8. The minimum Gasteiger partial charge on any atom is -0.328 e. The molecule has 4 heterocycles. The number of hydrogen-bond acceptors (Lipinski definition) is 6. The van der Waals surface area contributed by atoms with Crippen molar-refractivity contribution in [1.29, 1.82) is 0 Å². The first-order valence-corrected chi connectivity index (χ1v) is 10.8. The zero-order valence-electron chi connectivity index (χ0n) is 16.8. The van der Waals surface area contributed by atoms with E-state index in [1.165, 1.54) is 6.42 Å². The van der Waals surface area contributed by atoms with Crippen LogP contribution in [0.3, 0.4) is 0 Å². The first-order valence-electron chi connectivity index (χ1n) is 10.8. The smallest absolute Gasteiger partial charge is 0.262 e. The van der Waals surface area contributed by atoms with E-state index in [-0.39, 0.29) is 24.8 Å². The van der Waals surface area contributed by atoms with Crippen molar-refractivity contribution < 1.29 is 19.2 Å². The van der Waals surface area contributed by atoms with Gasteiger partial charge < -0.3 is 5.73 Å². The lowest BCUT2D eigenvalue weighted by Gasteiger charge is -2.48. The summed E-state index contributed by atoms with van der Waals surface area (Å²) in [6, 6.07) is 5.46. The fourth-order valence-corrected chi connectivity index (χ4v) is 5.69. The molecule has 4 aliphatic heterocycles. The van der Waals surface area contributed by atoms with Gasteiger partial charge in [0.2, 0.25) is 11.8 Å². The van der Waals surface area contributed by atoms with Crippen molar-refractivity contribution in [3.8, 4) is 0 Å². The van der Waals surface area contributed by atoms with Gasteiger partial charge in [0.1, 0.15) is 6.04 Å². The van der Waals surface area contributed by atoms with E-state index in [4.69, 9.17) is 5.73 Å². The second kappa shape index (κ2) is 7.28. The van der Waals surface area contributed by atoms with Crippen molar-refractivity contribution in [1.82, 2.24) is 15.1 Å². The number of benzene rings is 1. The lowest BCUT2D eigenvalue weighted by atomic mass is 9.81. The maximum absolute atomic E-state index is 13.3. The summed E-state index contributed by atoms with van der Waals surface area (Å²) in [5.74, 6) is -1.84. The Balaban J connectivity index is 1.44. The SMILES string of the molecule is NC1CC2CCCC(C1)N2Cc1cccc2c1C(=O)N(C1CCC(=O)NC1=O)C2=O. The second-order valence-electron chi connectivity index (χ2n) is 8.93. The Morgan fingerprint density at radius 3 is 2.43 bits per heavy atom. The van der Waals surface area contributed by atoms with Crippen LogP contribution in [-0.2, 0) is 16.1 Å². The molecule has 0 spiro atoms. The average Bonchev–Trinajstić information content (AvgIpc) is 2.94. The molecular formula is C22H26N4O4. The third-order valence-corrected chi connectivity index (χ3v) is 7.07. The van der Waals surface area contributed by atoms with Gasteiger partial charge in [0.25, 0.3) is 11.8 Å². The molecule has 3 saturated heterocycles. The standard InChI is InChI=1S/C22H26N4O4/c23-13-9-14-4-2-5-15(10-13)25(14)11-12-3-1-6-16-19(12)22(30)26(21(16)29)17-7-8-18(27)24-20(17)28/h1,3,6,13-15,17H,2,4-5,7-11,23H2,(H,24,27,28). The van der Waals surface area contributed by atoms with Crippen LogP contribution in [0.4, 0.5) is 0 Å². The lowest BCUT2D eigenvalue weighted by molar-refractivity contribution is -0.136. The third kappa shape index (κ3) is 3.06. The van der Waals surface area contributed by atoms with Crippen LogP contribution < -0.4 is 11.1 Å². The molecule has 1 aromatic rings. The molecule has 30 heavy (non-hydrogen) atoms. The van der Waals surface area contributed by atoms with E-state index in [0.717, 1.165) is 36.1 Å². The molecule has 2 bridgehead atoms. The molecule has 8 nitrogen and oxygen atoms in total. The highest BCUT2D eigenvalue weighted by molar-refractivity contribution is 6.24. The number of imide groups is 2. The van der Waals surface area contributed by atoms with Crippen LogP contribution in [0, 0.1) is 0 Å².